The zero-order chi connectivity index (χ0) is 18.6. The second-order valence-corrected chi connectivity index (χ2v) is 7.06. The minimum absolute atomic E-state index is 0.0125. The number of rotatable bonds is 5. The molecule has 1 atom stereocenters. The van der Waals surface area contributed by atoms with Crippen LogP contribution in [0, 0.1) is 18.3 Å². The number of anilines is 1. The summed E-state index contributed by atoms with van der Waals surface area (Å²) in [5, 5.41) is 12.2. The van der Waals surface area contributed by atoms with Crippen LogP contribution in [0.1, 0.15) is 30.7 Å². The van der Waals surface area contributed by atoms with Gasteiger partial charge in [-0.3, -0.25) is 9.59 Å². The Morgan fingerprint density at radius 3 is 2.88 bits per heavy atom. The zero-order valence-electron chi connectivity index (χ0n) is 14.0. The molecule has 0 saturated carbocycles. The van der Waals surface area contributed by atoms with Crippen LogP contribution in [0.4, 0.5) is 5.69 Å². The molecule has 0 radical (unpaired) electrons. The van der Waals surface area contributed by atoms with Crippen LogP contribution < -0.4 is 10.9 Å². The number of thioether (sulfide) groups is 1. The van der Waals surface area contributed by atoms with Gasteiger partial charge in [0.25, 0.3) is 5.56 Å². The fraction of sp³-hybridized carbons (Fsp3) is 0.294. The van der Waals surface area contributed by atoms with E-state index in [1.807, 2.05) is 19.9 Å². The highest BCUT2D eigenvalue weighted by Gasteiger charge is 2.18. The van der Waals surface area contributed by atoms with E-state index in [2.05, 4.69) is 15.3 Å². The molecular formula is C17H17ClN4O2S. The van der Waals surface area contributed by atoms with Gasteiger partial charge in [0.1, 0.15) is 11.6 Å². The summed E-state index contributed by atoms with van der Waals surface area (Å²) in [6.45, 7) is 5.35. The quantitative estimate of drug-likeness (QED) is 0.616. The Balaban J connectivity index is 2.17. The molecule has 6 nitrogen and oxygen atoms in total. The van der Waals surface area contributed by atoms with Gasteiger partial charge in [0.05, 0.1) is 10.9 Å². The van der Waals surface area contributed by atoms with Crippen molar-refractivity contribution < 1.29 is 4.79 Å². The number of hydrogen-bond acceptors (Lipinski definition) is 5. The number of nitriles is 1. The van der Waals surface area contributed by atoms with Gasteiger partial charge in [-0.05, 0) is 38.0 Å². The average Bonchev–Trinajstić information content (AvgIpc) is 2.58. The van der Waals surface area contributed by atoms with Gasteiger partial charge in [-0.25, -0.2) is 4.98 Å². The second-order valence-electron chi connectivity index (χ2n) is 5.32. The fourth-order valence-corrected chi connectivity index (χ4v) is 3.11. The van der Waals surface area contributed by atoms with Crippen LogP contribution >= 0.6 is 23.4 Å². The fourth-order valence-electron chi connectivity index (χ4n) is 2.12. The Kier molecular flexibility index (Phi) is 6.23. The lowest BCUT2D eigenvalue weighted by atomic mass is 10.2. The molecule has 0 saturated heterocycles. The van der Waals surface area contributed by atoms with Gasteiger partial charge in [0, 0.05) is 10.7 Å². The molecule has 2 N–H and O–H groups in total. The number of nitrogens with zero attached hydrogens (tertiary/aromatic N) is 2. The van der Waals surface area contributed by atoms with Crippen LogP contribution in [0.15, 0.2) is 28.2 Å². The number of aromatic nitrogens is 2. The topological polar surface area (TPSA) is 98.6 Å². The first-order valence-corrected chi connectivity index (χ1v) is 8.89. The molecule has 0 aliphatic rings. The Morgan fingerprint density at radius 1 is 1.52 bits per heavy atom. The maximum absolute atomic E-state index is 12.4. The first-order chi connectivity index (χ1) is 11.9. The molecule has 0 aliphatic heterocycles. The predicted octanol–water partition coefficient (Wildman–Crippen LogP) is 3.29. The van der Waals surface area contributed by atoms with E-state index in [9.17, 15) is 9.59 Å². The molecule has 0 spiro atoms. The lowest BCUT2D eigenvalue weighted by molar-refractivity contribution is -0.115. The number of H-pyrrole nitrogens is 1. The van der Waals surface area contributed by atoms with E-state index >= 15 is 0 Å². The number of benzene rings is 1. The Bertz CT molecular complexity index is 904. The van der Waals surface area contributed by atoms with Crippen molar-refractivity contribution in [2.45, 2.75) is 37.6 Å². The largest absolute Gasteiger partial charge is 0.325 e. The summed E-state index contributed by atoms with van der Waals surface area (Å²) in [4.78, 5) is 31.1. The number of nitrogens with one attached hydrogen (secondary N) is 2. The molecule has 1 heterocycles. The van der Waals surface area contributed by atoms with Crippen molar-refractivity contribution >= 4 is 35.0 Å². The van der Waals surface area contributed by atoms with Gasteiger partial charge in [-0.2, -0.15) is 5.26 Å². The van der Waals surface area contributed by atoms with Gasteiger partial charge >= 0.3 is 0 Å². The molecule has 130 valence electrons. The summed E-state index contributed by atoms with van der Waals surface area (Å²) in [5.74, 6) is -0.236. The molecule has 2 rings (SSSR count). The summed E-state index contributed by atoms with van der Waals surface area (Å²) >= 11 is 7.18. The molecule has 0 bridgehead atoms. The van der Waals surface area contributed by atoms with Crippen molar-refractivity contribution in [2.75, 3.05) is 5.32 Å². The van der Waals surface area contributed by atoms with Gasteiger partial charge in [-0.15, -0.1) is 0 Å². The molecule has 1 aromatic heterocycles. The highest BCUT2D eigenvalue weighted by atomic mass is 35.5. The number of aryl methyl sites for hydroxylation is 1. The first kappa shape index (κ1) is 19.0. The predicted molar refractivity (Wildman–Crippen MR) is 99.1 cm³/mol. The van der Waals surface area contributed by atoms with Crippen LogP contribution in [-0.4, -0.2) is 21.1 Å². The van der Waals surface area contributed by atoms with Crippen LogP contribution in [0.3, 0.4) is 0 Å². The van der Waals surface area contributed by atoms with Crippen molar-refractivity contribution in [3.63, 3.8) is 0 Å². The standard InChI is InChI=1S/C17H17ClN4O2S/c1-4-13-11(8-19)16(24)22-17(21-13)25-10(3)15(23)20-14-7-5-6-12(18)9(14)2/h5-7,10H,4H2,1-3H3,(H,20,23)(H,21,22,24)/t10-/m0/s1. The number of amides is 1. The zero-order valence-corrected chi connectivity index (χ0v) is 15.6. The van der Waals surface area contributed by atoms with E-state index in [0.717, 1.165) is 17.3 Å². The van der Waals surface area contributed by atoms with Crippen molar-refractivity contribution in [1.29, 1.82) is 5.26 Å². The Hall–Kier alpha value is -2.30. The molecule has 25 heavy (non-hydrogen) atoms. The number of aromatic amines is 1. The molecule has 0 unspecified atom stereocenters. The highest BCUT2D eigenvalue weighted by Crippen LogP contribution is 2.25. The molecule has 0 fully saturated rings. The highest BCUT2D eigenvalue weighted by molar-refractivity contribution is 8.00. The van der Waals surface area contributed by atoms with Crippen molar-refractivity contribution in [3.8, 4) is 6.07 Å². The lowest BCUT2D eigenvalue weighted by Gasteiger charge is -2.14. The summed E-state index contributed by atoms with van der Waals surface area (Å²) < 4.78 is 0. The lowest BCUT2D eigenvalue weighted by Crippen LogP contribution is -2.24. The maximum Gasteiger partial charge on any atom is 0.269 e. The SMILES string of the molecule is CCc1nc(S[C@@H](C)C(=O)Nc2cccc(Cl)c2C)[nH]c(=O)c1C#N. The third-order valence-electron chi connectivity index (χ3n) is 3.60. The number of halogens is 1. The molecule has 8 heteroatoms. The molecule has 2 aromatic rings. The van der Waals surface area contributed by atoms with Gasteiger partial charge < -0.3 is 10.3 Å². The molecule has 1 amide bonds. The monoisotopic (exact) mass is 376 g/mol. The number of carbonyl (C=O) groups is 1. The molecular weight excluding hydrogens is 360 g/mol. The second kappa shape index (κ2) is 8.19. The Labute approximate surface area is 154 Å². The summed E-state index contributed by atoms with van der Waals surface area (Å²) in [6.07, 6.45) is 0.461. The van der Waals surface area contributed by atoms with Crippen LogP contribution in [0.5, 0.6) is 0 Å². The van der Waals surface area contributed by atoms with Crippen LogP contribution in [0.2, 0.25) is 5.02 Å². The maximum atomic E-state index is 12.4. The van der Waals surface area contributed by atoms with E-state index in [-0.39, 0.29) is 11.5 Å². The number of carbonyl (C=O) groups excluding carboxylic acids is 1. The van der Waals surface area contributed by atoms with E-state index < -0.39 is 10.8 Å². The smallest absolute Gasteiger partial charge is 0.269 e. The third-order valence-corrected chi connectivity index (χ3v) is 5.00. The van der Waals surface area contributed by atoms with Gasteiger partial charge in [0.2, 0.25) is 5.91 Å². The van der Waals surface area contributed by atoms with Crippen molar-refractivity contribution in [3.05, 3.63) is 50.4 Å². The van der Waals surface area contributed by atoms with E-state index in [4.69, 9.17) is 16.9 Å². The van der Waals surface area contributed by atoms with Crippen molar-refractivity contribution in [2.24, 2.45) is 0 Å². The van der Waals surface area contributed by atoms with E-state index in [0.29, 0.717) is 28.0 Å². The van der Waals surface area contributed by atoms with Crippen LogP contribution in [0.25, 0.3) is 0 Å². The van der Waals surface area contributed by atoms with Gasteiger partial charge in [-0.1, -0.05) is 36.4 Å². The minimum atomic E-state index is -0.501. The minimum Gasteiger partial charge on any atom is -0.325 e. The summed E-state index contributed by atoms with van der Waals surface area (Å²) in [5.41, 5.74) is 1.37. The first-order valence-electron chi connectivity index (χ1n) is 7.63. The number of hydrogen-bond donors (Lipinski definition) is 2. The molecule has 0 aliphatic carbocycles. The third kappa shape index (κ3) is 4.41. The van der Waals surface area contributed by atoms with Gasteiger partial charge in [0.15, 0.2) is 5.16 Å². The van der Waals surface area contributed by atoms with E-state index in [1.165, 1.54) is 0 Å². The normalized spacial score (nSPS) is 11.6. The summed E-state index contributed by atoms with van der Waals surface area (Å²) in [6, 6.07) is 7.14. The molecule has 1 aromatic carbocycles. The van der Waals surface area contributed by atoms with Crippen LogP contribution in [-0.2, 0) is 11.2 Å². The van der Waals surface area contributed by atoms with E-state index in [1.54, 1.807) is 25.1 Å². The average molecular weight is 377 g/mol. The summed E-state index contributed by atoms with van der Waals surface area (Å²) in [7, 11) is 0. The Morgan fingerprint density at radius 2 is 2.24 bits per heavy atom. The van der Waals surface area contributed by atoms with Crippen molar-refractivity contribution in [1.82, 2.24) is 9.97 Å².